The van der Waals surface area contributed by atoms with Crippen LogP contribution in [0.3, 0.4) is 0 Å². The monoisotopic (exact) mass is 275 g/mol. The predicted octanol–water partition coefficient (Wildman–Crippen LogP) is 2.18. The molecule has 2 aliphatic rings. The van der Waals surface area contributed by atoms with E-state index in [1.54, 1.807) is 0 Å². The van der Waals surface area contributed by atoms with Crippen LogP contribution in [0.1, 0.15) is 44.9 Å². The molecule has 0 radical (unpaired) electrons. The summed E-state index contributed by atoms with van der Waals surface area (Å²) in [6, 6.07) is -0.0580. The summed E-state index contributed by atoms with van der Waals surface area (Å²) >= 11 is 0. The van der Waals surface area contributed by atoms with Crippen molar-refractivity contribution >= 4 is 11.9 Å². The van der Waals surface area contributed by atoms with E-state index in [0.717, 1.165) is 0 Å². The van der Waals surface area contributed by atoms with Gasteiger partial charge >= 0.3 is 5.97 Å². The lowest BCUT2D eigenvalue weighted by atomic mass is 9.86. The minimum absolute atomic E-state index is 0.0580. The molecule has 2 fully saturated rings. The Labute approximate surface area is 110 Å². The highest BCUT2D eigenvalue weighted by Crippen LogP contribution is 2.39. The number of amides is 1. The van der Waals surface area contributed by atoms with Crippen LogP contribution in [-0.4, -0.2) is 28.9 Å². The van der Waals surface area contributed by atoms with Crippen molar-refractivity contribution < 1.29 is 23.5 Å². The Morgan fingerprint density at radius 2 is 1.68 bits per heavy atom. The highest BCUT2D eigenvalue weighted by molar-refractivity contribution is 5.79. The third-order valence-electron chi connectivity index (χ3n) is 4.20. The SMILES string of the molecule is O=C(O)C1CCC(NC(=O)C2CCC(F)(F)C2)CC1. The summed E-state index contributed by atoms with van der Waals surface area (Å²) in [5.74, 6) is -4.71. The summed E-state index contributed by atoms with van der Waals surface area (Å²) < 4.78 is 26.1. The van der Waals surface area contributed by atoms with Crippen LogP contribution in [0, 0.1) is 11.8 Å². The van der Waals surface area contributed by atoms with Crippen LogP contribution in [0.2, 0.25) is 0 Å². The van der Waals surface area contributed by atoms with Gasteiger partial charge in [-0.25, -0.2) is 8.78 Å². The first-order valence-electron chi connectivity index (χ1n) is 6.78. The van der Waals surface area contributed by atoms with Crippen LogP contribution in [0.5, 0.6) is 0 Å². The van der Waals surface area contributed by atoms with Gasteiger partial charge in [-0.15, -0.1) is 0 Å². The molecule has 1 unspecified atom stereocenters. The number of carbonyl (C=O) groups is 2. The molecule has 0 aromatic carbocycles. The molecule has 2 saturated carbocycles. The van der Waals surface area contributed by atoms with E-state index in [0.29, 0.717) is 25.7 Å². The molecule has 2 N–H and O–H groups in total. The third-order valence-corrected chi connectivity index (χ3v) is 4.20. The highest BCUT2D eigenvalue weighted by Gasteiger charge is 2.42. The molecule has 0 heterocycles. The number of rotatable bonds is 3. The fraction of sp³-hybridized carbons (Fsp3) is 0.846. The minimum atomic E-state index is -2.71. The van der Waals surface area contributed by atoms with E-state index >= 15 is 0 Å². The van der Waals surface area contributed by atoms with Crippen molar-refractivity contribution in [2.45, 2.75) is 56.9 Å². The van der Waals surface area contributed by atoms with Crippen molar-refractivity contribution in [3.8, 4) is 0 Å². The number of carboxylic acids is 1. The van der Waals surface area contributed by atoms with Crippen LogP contribution >= 0.6 is 0 Å². The van der Waals surface area contributed by atoms with Gasteiger partial charge in [-0.3, -0.25) is 9.59 Å². The third kappa shape index (κ3) is 3.64. The van der Waals surface area contributed by atoms with Crippen molar-refractivity contribution in [3.05, 3.63) is 0 Å². The molecule has 0 aliphatic heterocycles. The predicted molar refractivity (Wildman–Crippen MR) is 63.8 cm³/mol. The summed E-state index contributed by atoms with van der Waals surface area (Å²) in [6.07, 6.45) is 1.99. The second-order valence-corrected chi connectivity index (χ2v) is 5.69. The summed E-state index contributed by atoms with van der Waals surface area (Å²) in [5.41, 5.74) is 0. The Morgan fingerprint density at radius 1 is 1.05 bits per heavy atom. The molecular formula is C13H19F2NO3. The number of carboxylic acid groups (broad SMARTS) is 1. The first kappa shape index (κ1) is 14.2. The van der Waals surface area contributed by atoms with Crippen molar-refractivity contribution in [1.29, 1.82) is 0 Å². The zero-order valence-electron chi connectivity index (χ0n) is 10.7. The average molecular weight is 275 g/mol. The Balaban J connectivity index is 1.77. The van der Waals surface area contributed by atoms with Crippen molar-refractivity contribution in [3.63, 3.8) is 0 Å². The lowest BCUT2D eigenvalue weighted by Gasteiger charge is -2.27. The van der Waals surface area contributed by atoms with Gasteiger partial charge in [-0.2, -0.15) is 0 Å². The number of hydrogen-bond acceptors (Lipinski definition) is 2. The second-order valence-electron chi connectivity index (χ2n) is 5.69. The Kier molecular flexibility index (Phi) is 4.06. The molecule has 1 atom stereocenters. The molecule has 0 aromatic rings. The number of nitrogens with one attached hydrogen (secondary N) is 1. The van der Waals surface area contributed by atoms with Crippen molar-refractivity contribution in [2.75, 3.05) is 0 Å². The molecule has 6 heteroatoms. The quantitative estimate of drug-likeness (QED) is 0.829. The maximum atomic E-state index is 13.0. The number of halogens is 2. The van der Waals surface area contributed by atoms with Crippen LogP contribution in [-0.2, 0) is 9.59 Å². The van der Waals surface area contributed by atoms with Gasteiger partial charge in [0.05, 0.1) is 5.92 Å². The van der Waals surface area contributed by atoms with Crippen LogP contribution in [0.25, 0.3) is 0 Å². The Hall–Kier alpha value is -1.20. The Bertz CT molecular complexity index is 365. The van der Waals surface area contributed by atoms with Crippen LogP contribution < -0.4 is 5.32 Å². The van der Waals surface area contributed by atoms with Gasteiger partial charge in [0, 0.05) is 24.8 Å². The van der Waals surface area contributed by atoms with Gasteiger partial charge in [0.1, 0.15) is 0 Å². The second kappa shape index (κ2) is 5.43. The molecule has 0 bridgehead atoms. The molecule has 1 amide bonds. The molecule has 4 nitrogen and oxygen atoms in total. The Morgan fingerprint density at radius 3 is 2.16 bits per heavy atom. The lowest BCUT2D eigenvalue weighted by molar-refractivity contribution is -0.142. The zero-order chi connectivity index (χ0) is 14.0. The van der Waals surface area contributed by atoms with Gasteiger partial charge in [0.2, 0.25) is 11.8 Å². The maximum absolute atomic E-state index is 13.0. The fourth-order valence-corrected chi connectivity index (χ4v) is 2.98. The van der Waals surface area contributed by atoms with Gasteiger partial charge in [0.15, 0.2) is 0 Å². The van der Waals surface area contributed by atoms with Crippen molar-refractivity contribution in [2.24, 2.45) is 11.8 Å². The summed E-state index contributed by atoms with van der Waals surface area (Å²) in [7, 11) is 0. The van der Waals surface area contributed by atoms with E-state index in [1.165, 1.54) is 0 Å². The average Bonchev–Trinajstić information content (AvgIpc) is 2.70. The number of alkyl halides is 2. The topological polar surface area (TPSA) is 66.4 Å². The number of hydrogen-bond donors (Lipinski definition) is 2. The van der Waals surface area contributed by atoms with E-state index in [1.807, 2.05) is 0 Å². The number of aliphatic carboxylic acids is 1. The summed E-state index contributed by atoms with van der Waals surface area (Å²) in [4.78, 5) is 22.6. The van der Waals surface area contributed by atoms with E-state index in [9.17, 15) is 18.4 Å². The standard InChI is InChI=1S/C13H19F2NO3/c14-13(15)6-5-9(7-13)11(17)16-10-3-1-8(2-4-10)12(18)19/h8-10H,1-7H2,(H,16,17)(H,18,19). The summed E-state index contributed by atoms with van der Waals surface area (Å²) in [5, 5.41) is 11.7. The molecule has 2 rings (SSSR count). The first-order valence-corrected chi connectivity index (χ1v) is 6.78. The molecule has 0 spiro atoms. The van der Waals surface area contributed by atoms with Crippen LogP contribution in [0.4, 0.5) is 8.78 Å². The number of carbonyl (C=O) groups excluding carboxylic acids is 1. The molecular weight excluding hydrogens is 256 g/mol. The van der Waals surface area contributed by atoms with E-state index in [-0.39, 0.29) is 37.1 Å². The highest BCUT2D eigenvalue weighted by atomic mass is 19.3. The molecule has 108 valence electrons. The summed E-state index contributed by atoms with van der Waals surface area (Å²) in [6.45, 7) is 0. The fourth-order valence-electron chi connectivity index (χ4n) is 2.98. The van der Waals surface area contributed by atoms with Gasteiger partial charge < -0.3 is 10.4 Å². The van der Waals surface area contributed by atoms with Gasteiger partial charge in [-0.1, -0.05) is 0 Å². The van der Waals surface area contributed by atoms with E-state index in [4.69, 9.17) is 5.11 Å². The van der Waals surface area contributed by atoms with Gasteiger partial charge in [0.25, 0.3) is 0 Å². The molecule has 0 aromatic heterocycles. The lowest BCUT2D eigenvalue weighted by Crippen LogP contribution is -2.41. The van der Waals surface area contributed by atoms with Crippen molar-refractivity contribution in [1.82, 2.24) is 5.32 Å². The maximum Gasteiger partial charge on any atom is 0.306 e. The first-order chi connectivity index (χ1) is 8.87. The van der Waals surface area contributed by atoms with E-state index in [2.05, 4.69) is 5.32 Å². The normalized spacial score (nSPS) is 33.9. The molecule has 2 aliphatic carbocycles. The zero-order valence-corrected chi connectivity index (χ0v) is 10.7. The smallest absolute Gasteiger partial charge is 0.306 e. The minimum Gasteiger partial charge on any atom is -0.481 e. The van der Waals surface area contributed by atoms with Gasteiger partial charge in [-0.05, 0) is 32.1 Å². The molecule has 19 heavy (non-hydrogen) atoms. The van der Waals surface area contributed by atoms with Crippen LogP contribution in [0.15, 0.2) is 0 Å². The largest absolute Gasteiger partial charge is 0.481 e. The molecule has 0 saturated heterocycles. The van der Waals surface area contributed by atoms with E-state index < -0.39 is 17.8 Å².